The van der Waals surface area contributed by atoms with Crippen LogP contribution in [0.2, 0.25) is 0 Å². The minimum absolute atomic E-state index is 0.243. The van der Waals surface area contributed by atoms with E-state index in [2.05, 4.69) is 73.3 Å². The highest BCUT2D eigenvalue weighted by Gasteiger charge is 2.12. The Morgan fingerprint density at radius 1 is 1.16 bits per heavy atom. The van der Waals surface area contributed by atoms with Crippen molar-refractivity contribution in [2.45, 2.75) is 19.4 Å². The second-order valence-corrected chi connectivity index (χ2v) is 6.18. The molecule has 0 aliphatic heterocycles. The van der Waals surface area contributed by atoms with Gasteiger partial charge >= 0.3 is 0 Å². The van der Waals surface area contributed by atoms with E-state index in [0.717, 1.165) is 27.6 Å². The molecule has 0 aliphatic rings. The summed E-state index contributed by atoms with van der Waals surface area (Å²) in [5.41, 5.74) is 2.37. The van der Waals surface area contributed by atoms with Crippen LogP contribution in [0.3, 0.4) is 0 Å². The summed E-state index contributed by atoms with van der Waals surface area (Å²) in [6.07, 6.45) is 2.78. The molecule has 0 bridgehead atoms. The Bertz CT molecular complexity index is 526. The summed E-state index contributed by atoms with van der Waals surface area (Å²) in [5, 5.41) is 3.49. The van der Waals surface area contributed by atoms with Gasteiger partial charge in [0.1, 0.15) is 0 Å². The van der Waals surface area contributed by atoms with E-state index in [1.54, 1.807) is 0 Å². The maximum absolute atomic E-state index is 4.49. The van der Waals surface area contributed by atoms with Gasteiger partial charge in [0.2, 0.25) is 0 Å². The molecule has 1 unspecified atom stereocenters. The zero-order chi connectivity index (χ0) is 13.7. The normalized spacial score (nSPS) is 12.4. The van der Waals surface area contributed by atoms with E-state index in [-0.39, 0.29) is 6.04 Å². The van der Waals surface area contributed by atoms with Crippen LogP contribution in [0.15, 0.2) is 51.5 Å². The molecule has 1 N–H and O–H groups in total. The van der Waals surface area contributed by atoms with Crippen molar-refractivity contribution in [3.63, 3.8) is 0 Å². The second-order valence-electron chi connectivity index (χ2n) is 4.35. The first kappa shape index (κ1) is 14.7. The van der Waals surface area contributed by atoms with Crippen molar-refractivity contribution in [2.75, 3.05) is 6.54 Å². The Kier molecular flexibility index (Phi) is 5.55. The van der Waals surface area contributed by atoms with Crippen molar-refractivity contribution in [1.29, 1.82) is 0 Å². The van der Waals surface area contributed by atoms with Gasteiger partial charge in [0, 0.05) is 15.1 Å². The van der Waals surface area contributed by atoms with Crippen LogP contribution in [-0.4, -0.2) is 11.5 Å². The Labute approximate surface area is 130 Å². The van der Waals surface area contributed by atoms with Crippen LogP contribution in [0.4, 0.5) is 0 Å². The standard InChI is InChI=1S/C15H16Br2N2/c1-2-18-15(14-7-6-13(17)10-19-14)9-11-4-3-5-12(16)8-11/h3-8,10,15,18H,2,9H2,1H3. The monoisotopic (exact) mass is 382 g/mol. The highest BCUT2D eigenvalue weighted by molar-refractivity contribution is 9.10. The summed E-state index contributed by atoms with van der Waals surface area (Å²) in [6, 6.07) is 12.8. The summed E-state index contributed by atoms with van der Waals surface area (Å²) in [4.78, 5) is 4.49. The highest BCUT2D eigenvalue weighted by Crippen LogP contribution is 2.20. The summed E-state index contributed by atoms with van der Waals surface area (Å²) in [7, 11) is 0. The first-order valence-corrected chi connectivity index (χ1v) is 7.87. The van der Waals surface area contributed by atoms with Gasteiger partial charge < -0.3 is 5.32 Å². The minimum atomic E-state index is 0.243. The summed E-state index contributed by atoms with van der Waals surface area (Å²) in [6.45, 7) is 3.04. The number of benzene rings is 1. The van der Waals surface area contributed by atoms with Gasteiger partial charge in [0.15, 0.2) is 0 Å². The number of hydrogen-bond acceptors (Lipinski definition) is 2. The number of pyridine rings is 1. The van der Waals surface area contributed by atoms with Crippen LogP contribution in [0.25, 0.3) is 0 Å². The number of halogens is 2. The average Bonchev–Trinajstić information content (AvgIpc) is 2.39. The molecule has 0 amide bonds. The lowest BCUT2D eigenvalue weighted by Gasteiger charge is -2.17. The third kappa shape index (κ3) is 4.41. The molecule has 0 aliphatic carbocycles. The molecule has 4 heteroatoms. The van der Waals surface area contributed by atoms with Crippen LogP contribution in [0.5, 0.6) is 0 Å². The molecule has 1 atom stereocenters. The smallest absolute Gasteiger partial charge is 0.0577 e. The maximum Gasteiger partial charge on any atom is 0.0577 e. The zero-order valence-electron chi connectivity index (χ0n) is 10.7. The summed E-state index contributed by atoms with van der Waals surface area (Å²) in [5.74, 6) is 0. The quantitative estimate of drug-likeness (QED) is 0.822. The van der Waals surface area contributed by atoms with Crippen LogP contribution in [0, 0.1) is 0 Å². The molecule has 19 heavy (non-hydrogen) atoms. The first-order valence-electron chi connectivity index (χ1n) is 6.28. The number of aromatic nitrogens is 1. The fourth-order valence-electron chi connectivity index (χ4n) is 2.02. The van der Waals surface area contributed by atoms with Crippen LogP contribution >= 0.6 is 31.9 Å². The molecular formula is C15H16Br2N2. The molecule has 2 nitrogen and oxygen atoms in total. The fourth-order valence-corrected chi connectivity index (χ4v) is 2.70. The molecule has 1 aromatic heterocycles. The van der Waals surface area contributed by atoms with Crippen molar-refractivity contribution in [3.05, 3.63) is 62.8 Å². The molecule has 0 fully saturated rings. The molecular weight excluding hydrogens is 368 g/mol. The predicted octanol–water partition coefficient (Wildman–Crippen LogP) is 4.50. The van der Waals surface area contributed by atoms with E-state index >= 15 is 0 Å². The fraction of sp³-hybridized carbons (Fsp3) is 0.267. The Morgan fingerprint density at radius 3 is 2.63 bits per heavy atom. The van der Waals surface area contributed by atoms with Gasteiger partial charge in [-0.05, 0) is 58.7 Å². The molecule has 0 radical (unpaired) electrons. The third-order valence-corrected chi connectivity index (χ3v) is 3.85. The highest BCUT2D eigenvalue weighted by atomic mass is 79.9. The minimum Gasteiger partial charge on any atom is -0.309 e. The van der Waals surface area contributed by atoms with Crippen molar-refractivity contribution in [2.24, 2.45) is 0 Å². The molecule has 2 aromatic rings. The molecule has 100 valence electrons. The Hall–Kier alpha value is -0.710. The van der Waals surface area contributed by atoms with Crippen molar-refractivity contribution < 1.29 is 0 Å². The van der Waals surface area contributed by atoms with Crippen molar-refractivity contribution in [1.82, 2.24) is 10.3 Å². The SMILES string of the molecule is CCNC(Cc1cccc(Br)c1)c1ccc(Br)cn1. The van der Waals surface area contributed by atoms with Crippen molar-refractivity contribution >= 4 is 31.9 Å². The van der Waals surface area contributed by atoms with Gasteiger partial charge in [-0.25, -0.2) is 0 Å². The summed E-state index contributed by atoms with van der Waals surface area (Å²) < 4.78 is 2.12. The van der Waals surface area contributed by atoms with Gasteiger partial charge in [-0.2, -0.15) is 0 Å². The lowest BCUT2D eigenvalue weighted by atomic mass is 10.0. The molecule has 0 saturated heterocycles. The van der Waals surface area contributed by atoms with E-state index in [9.17, 15) is 0 Å². The van der Waals surface area contributed by atoms with Gasteiger partial charge in [-0.15, -0.1) is 0 Å². The lowest BCUT2D eigenvalue weighted by molar-refractivity contribution is 0.536. The van der Waals surface area contributed by atoms with E-state index in [4.69, 9.17) is 0 Å². The summed E-state index contributed by atoms with van der Waals surface area (Å²) >= 11 is 6.94. The van der Waals surface area contributed by atoms with Gasteiger partial charge in [0.05, 0.1) is 11.7 Å². The number of likely N-dealkylation sites (N-methyl/N-ethyl adjacent to an activating group) is 1. The number of rotatable bonds is 5. The van der Waals surface area contributed by atoms with Gasteiger partial charge in [-0.1, -0.05) is 35.0 Å². The van der Waals surface area contributed by atoms with E-state index in [1.807, 2.05) is 18.3 Å². The molecule has 0 saturated carbocycles. The average molecular weight is 384 g/mol. The largest absolute Gasteiger partial charge is 0.309 e. The van der Waals surface area contributed by atoms with Gasteiger partial charge in [0.25, 0.3) is 0 Å². The second kappa shape index (κ2) is 7.17. The first-order chi connectivity index (χ1) is 9.19. The lowest BCUT2D eigenvalue weighted by Crippen LogP contribution is -2.23. The third-order valence-electron chi connectivity index (χ3n) is 2.89. The van der Waals surface area contributed by atoms with E-state index < -0.39 is 0 Å². The van der Waals surface area contributed by atoms with Crippen LogP contribution in [0.1, 0.15) is 24.2 Å². The Morgan fingerprint density at radius 2 is 2.00 bits per heavy atom. The molecule has 1 aromatic carbocycles. The zero-order valence-corrected chi connectivity index (χ0v) is 13.9. The molecule has 1 heterocycles. The topological polar surface area (TPSA) is 24.9 Å². The van der Waals surface area contributed by atoms with Gasteiger partial charge in [-0.3, -0.25) is 4.98 Å². The Balaban J connectivity index is 2.18. The van der Waals surface area contributed by atoms with Crippen LogP contribution in [-0.2, 0) is 6.42 Å². The maximum atomic E-state index is 4.49. The number of nitrogens with one attached hydrogen (secondary N) is 1. The number of hydrogen-bond donors (Lipinski definition) is 1. The van der Waals surface area contributed by atoms with Crippen molar-refractivity contribution in [3.8, 4) is 0 Å². The molecule has 0 spiro atoms. The van der Waals surface area contributed by atoms with Crippen LogP contribution < -0.4 is 5.32 Å². The predicted molar refractivity (Wildman–Crippen MR) is 86.2 cm³/mol. The van der Waals surface area contributed by atoms with E-state index in [1.165, 1.54) is 5.56 Å². The molecule has 2 rings (SSSR count). The van der Waals surface area contributed by atoms with E-state index in [0.29, 0.717) is 0 Å². The number of nitrogens with zero attached hydrogens (tertiary/aromatic N) is 1.